The minimum absolute atomic E-state index is 0.893. The normalized spacial score (nSPS) is 11.5. The van der Waals surface area contributed by atoms with Gasteiger partial charge in [0, 0.05) is 44.3 Å². The van der Waals surface area contributed by atoms with Crippen LogP contribution in [0.2, 0.25) is 0 Å². The summed E-state index contributed by atoms with van der Waals surface area (Å²) in [5, 5.41) is 4.79. The smallest absolute Gasteiger partial charge is 0.136 e. The van der Waals surface area contributed by atoms with Crippen LogP contribution in [-0.2, 0) is 0 Å². The standard InChI is InChI=1S/C72H48N2O/c1-2-15-49(16-3-1)54-17-12-18-55(45-54)57-20-14-21-61(47-57)73(60-42-37-53(38-43-60)63-23-4-5-24-64(63)58-39-44-68-67-27-8-11-30-71(67)75-72(68)48-58)59-40-35-51(36-41-59)50-31-33-52(34-32-50)56-19-13-22-62(46-56)74-69-28-9-6-25-65(69)66-26-7-10-29-70(66)74/h1-48H. The van der Waals surface area contributed by atoms with Crippen LogP contribution in [0.4, 0.5) is 17.1 Å². The first-order valence-corrected chi connectivity index (χ1v) is 25.6. The van der Waals surface area contributed by atoms with Gasteiger partial charge in [-0.15, -0.1) is 0 Å². The van der Waals surface area contributed by atoms with Crippen molar-refractivity contribution in [2.24, 2.45) is 0 Å². The molecule has 2 aromatic heterocycles. The molecule has 352 valence electrons. The van der Waals surface area contributed by atoms with Gasteiger partial charge in [0.2, 0.25) is 0 Å². The Balaban J connectivity index is 0.799. The Morgan fingerprint density at radius 1 is 0.240 bits per heavy atom. The average molecular weight is 957 g/mol. The monoisotopic (exact) mass is 956 g/mol. The van der Waals surface area contributed by atoms with E-state index in [4.69, 9.17) is 4.42 Å². The van der Waals surface area contributed by atoms with Crippen molar-refractivity contribution in [1.29, 1.82) is 0 Å². The summed E-state index contributed by atoms with van der Waals surface area (Å²) in [5.41, 5.74) is 22.6. The summed E-state index contributed by atoms with van der Waals surface area (Å²) in [7, 11) is 0. The molecule has 0 spiro atoms. The molecule has 75 heavy (non-hydrogen) atoms. The Kier molecular flexibility index (Phi) is 10.8. The van der Waals surface area contributed by atoms with Gasteiger partial charge >= 0.3 is 0 Å². The summed E-state index contributed by atoms with van der Waals surface area (Å²) >= 11 is 0. The number of hydrogen-bond acceptors (Lipinski definition) is 2. The molecular weight excluding hydrogens is 909 g/mol. The van der Waals surface area contributed by atoms with Crippen molar-refractivity contribution in [3.05, 3.63) is 291 Å². The van der Waals surface area contributed by atoms with Crippen molar-refractivity contribution in [2.45, 2.75) is 0 Å². The molecule has 0 saturated carbocycles. The molecule has 0 bridgehead atoms. The molecule has 0 saturated heterocycles. The predicted octanol–water partition coefficient (Wildman–Crippen LogP) is 20.2. The molecule has 3 heteroatoms. The first-order valence-electron chi connectivity index (χ1n) is 25.6. The van der Waals surface area contributed by atoms with Crippen molar-refractivity contribution in [3.63, 3.8) is 0 Å². The molecule has 0 fully saturated rings. The Morgan fingerprint density at radius 3 is 1.36 bits per heavy atom. The molecule has 14 aromatic rings. The number of anilines is 3. The molecule has 3 nitrogen and oxygen atoms in total. The molecule has 0 atom stereocenters. The van der Waals surface area contributed by atoms with Crippen molar-refractivity contribution < 1.29 is 4.42 Å². The number of hydrogen-bond donors (Lipinski definition) is 0. The molecule has 0 aliphatic carbocycles. The van der Waals surface area contributed by atoms with Crippen molar-refractivity contribution in [1.82, 2.24) is 4.57 Å². The third-order valence-corrected chi connectivity index (χ3v) is 14.8. The zero-order chi connectivity index (χ0) is 49.7. The predicted molar refractivity (Wildman–Crippen MR) is 315 cm³/mol. The second-order valence-corrected chi connectivity index (χ2v) is 19.3. The van der Waals surface area contributed by atoms with E-state index in [9.17, 15) is 0 Å². The highest BCUT2D eigenvalue weighted by Crippen LogP contribution is 2.42. The van der Waals surface area contributed by atoms with E-state index in [1.807, 2.05) is 12.1 Å². The fourth-order valence-corrected chi connectivity index (χ4v) is 11.1. The highest BCUT2D eigenvalue weighted by atomic mass is 16.3. The molecular formula is C72H48N2O. The SMILES string of the molecule is c1ccc(-c2cccc(-c3cccc(N(c4ccc(-c5ccc(-c6cccc(-n7c8ccccc8c8ccccc87)c6)cc5)cc4)c4ccc(-c5ccccc5-c5ccc6c(c5)oc5ccccc56)cc4)c3)c2)cc1. The number of para-hydroxylation sites is 3. The molecule has 14 rings (SSSR count). The molecule has 0 radical (unpaired) electrons. The maximum Gasteiger partial charge on any atom is 0.136 e. The molecule has 0 aliphatic heterocycles. The summed E-state index contributed by atoms with van der Waals surface area (Å²) < 4.78 is 8.71. The minimum Gasteiger partial charge on any atom is -0.456 e. The van der Waals surface area contributed by atoms with Crippen molar-refractivity contribution >= 4 is 60.8 Å². The van der Waals surface area contributed by atoms with Gasteiger partial charge in [-0.3, -0.25) is 0 Å². The van der Waals surface area contributed by atoms with E-state index < -0.39 is 0 Å². The highest BCUT2D eigenvalue weighted by Gasteiger charge is 2.18. The Bertz CT molecular complexity index is 4340. The highest BCUT2D eigenvalue weighted by molar-refractivity contribution is 6.09. The second-order valence-electron chi connectivity index (χ2n) is 19.3. The lowest BCUT2D eigenvalue weighted by atomic mass is 9.94. The lowest BCUT2D eigenvalue weighted by molar-refractivity contribution is 0.669. The van der Waals surface area contributed by atoms with Crippen LogP contribution >= 0.6 is 0 Å². The maximum atomic E-state index is 6.33. The number of fused-ring (bicyclic) bond motifs is 6. The van der Waals surface area contributed by atoms with E-state index in [1.54, 1.807) is 0 Å². The van der Waals surface area contributed by atoms with Crippen LogP contribution in [-0.4, -0.2) is 4.57 Å². The largest absolute Gasteiger partial charge is 0.456 e. The van der Waals surface area contributed by atoms with E-state index in [0.29, 0.717) is 0 Å². The summed E-state index contributed by atoms with van der Waals surface area (Å²) in [6.07, 6.45) is 0. The molecule has 0 amide bonds. The summed E-state index contributed by atoms with van der Waals surface area (Å²) in [6.45, 7) is 0. The topological polar surface area (TPSA) is 21.3 Å². The minimum atomic E-state index is 0.893. The molecule has 0 aliphatic rings. The van der Waals surface area contributed by atoms with E-state index >= 15 is 0 Å². The van der Waals surface area contributed by atoms with Gasteiger partial charge in [-0.25, -0.2) is 0 Å². The summed E-state index contributed by atoms with van der Waals surface area (Å²) in [5.74, 6) is 0. The quantitative estimate of drug-likeness (QED) is 0.136. The third-order valence-electron chi connectivity index (χ3n) is 14.8. The fourth-order valence-electron chi connectivity index (χ4n) is 11.1. The van der Waals surface area contributed by atoms with Gasteiger partial charge in [-0.2, -0.15) is 0 Å². The van der Waals surface area contributed by atoms with Crippen LogP contribution < -0.4 is 4.90 Å². The first kappa shape index (κ1) is 43.8. The number of nitrogens with zero attached hydrogens (tertiary/aromatic N) is 2. The Hall–Kier alpha value is -9.96. The van der Waals surface area contributed by atoms with Crippen LogP contribution in [0.5, 0.6) is 0 Å². The fraction of sp³-hybridized carbons (Fsp3) is 0. The van der Waals surface area contributed by atoms with Crippen LogP contribution in [0.15, 0.2) is 296 Å². The van der Waals surface area contributed by atoms with Gasteiger partial charge in [0.05, 0.1) is 11.0 Å². The van der Waals surface area contributed by atoms with E-state index in [2.05, 4.69) is 289 Å². The lowest BCUT2D eigenvalue weighted by Gasteiger charge is -2.26. The van der Waals surface area contributed by atoms with Gasteiger partial charge < -0.3 is 13.9 Å². The van der Waals surface area contributed by atoms with Gasteiger partial charge in [0.15, 0.2) is 0 Å². The first-order chi connectivity index (χ1) is 37.2. The maximum absolute atomic E-state index is 6.33. The van der Waals surface area contributed by atoms with Gasteiger partial charge in [-0.1, -0.05) is 206 Å². The van der Waals surface area contributed by atoms with Crippen molar-refractivity contribution in [2.75, 3.05) is 4.90 Å². The number of furan rings is 1. The Morgan fingerprint density at radius 2 is 0.680 bits per heavy atom. The third kappa shape index (κ3) is 8.04. The van der Waals surface area contributed by atoms with Gasteiger partial charge in [0.1, 0.15) is 11.2 Å². The molecule has 0 N–H and O–H groups in total. The lowest BCUT2D eigenvalue weighted by Crippen LogP contribution is -2.10. The number of aromatic nitrogens is 1. The van der Waals surface area contributed by atoms with Gasteiger partial charge in [0.25, 0.3) is 0 Å². The zero-order valence-electron chi connectivity index (χ0n) is 41.0. The van der Waals surface area contributed by atoms with Gasteiger partial charge in [-0.05, 0) is 152 Å². The molecule has 12 aromatic carbocycles. The zero-order valence-corrected chi connectivity index (χ0v) is 41.0. The number of benzene rings is 12. The molecule has 2 heterocycles. The van der Waals surface area contributed by atoms with Crippen LogP contribution in [0.25, 0.3) is 116 Å². The summed E-state index contributed by atoms with van der Waals surface area (Å²) in [6, 6.07) is 105. The van der Waals surface area contributed by atoms with E-state index in [-0.39, 0.29) is 0 Å². The van der Waals surface area contributed by atoms with Crippen molar-refractivity contribution in [3.8, 4) is 72.4 Å². The van der Waals surface area contributed by atoms with E-state index in [1.165, 1.54) is 49.6 Å². The molecule has 0 unspecified atom stereocenters. The Labute approximate surface area is 436 Å². The van der Waals surface area contributed by atoms with E-state index in [0.717, 1.165) is 83.6 Å². The van der Waals surface area contributed by atoms with Crippen LogP contribution in [0.3, 0.4) is 0 Å². The number of rotatable bonds is 10. The summed E-state index contributed by atoms with van der Waals surface area (Å²) in [4.78, 5) is 2.37. The second kappa shape index (κ2) is 18.6. The van der Waals surface area contributed by atoms with Crippen LogP contribution in [0.1, 0.15) is 0 Å². The average Bonchev–Trinajstić information content (AvgIpc) is 4.04. The van der Waals surface area contributed by atoms with Crippen LogP contribution in [0, 0.1) is 0 Å².